The lowest BCUT2D eigenvalue weighted by atomic mass is 10.1. The molecule has 0 radical (unpaired) electrons. The van der Waals surface area contributed by atoms with Crippen LogP contribution in [0.4, 0.5) is 0 Å². The molecular weight excluding hydrogens is 188 g/mol. The molecule has 0 aliphatic carbocycles. The SMILES string of the molecule is C=C(CNC(C)C)CN(C)CC(C)(C)O. The van der Waals surface area contributed by atoms with Crippen LogP contribution in [0.5, 0.6) is 0 Å². The fraction of sp³-hybridized carbons (Fsp3) is 0.833. The summed E-state index contributed by atoms with van der Waals surface area (Å²) < 4.78 is 0. The zero-order valence-corrected chi connectivity index (χ0v) is 10.8. The van der Waals surface area contributed by atoms with Crippen molar-refractivity contribution in [3.63, 3.8) is 0 Å². The summed E-state index contributed by atoms with van der Waals surface area (Å²) in [6.45, 7) is 14.2. The van der Waals surface area contributed by atoms with Gasteiger partial charge in [0, 0.05) is 25.7 Å². The summed E-state index contributed by atoms with van der Waals surface area (Å²) in [5.74, 6) is 0. The Balaban J connectivity index is 3.77. The molecule has 0 spiro atoms. The summed E-state index contributed by atoms with van der Waals surface area (Å²) in [4.78, 5) is 2.09. The van der Waals surface area contributed by atoms with Crippen LogP contribution in [0.3, 0.4) is 0 Å². The van der Waals surface area contributed by atoms with Crippen LogP contribution >= 0.6 is 0 Å². The monoisotopic (exact) mass is 214 g/mol. The number of hydrogen-bond donors (Lipinski definition) is 2. The molecule has 0 aromatic heterocycles. The van der Waals surface area contributed by atoms with Crippen LogP contribution < -0.4 is 5.32 Å². The number of hydrogen-bond acceptors (Lipinski definition) is 3. The average Bonchev–Trinajstić information content (AvgIpc) is 1.96. The molecule has 0 saturated heterocycles. The second-order valence-electron chi connectivity index (χ2n) is 5.27. The Morgan fingerprint density at radius 3 is 2.40 bits per heavy atom. The first-order valence-electron chi connectivity index (χ1n) is 5.51. The maximum absolute atomic E-state index is 9.63. The van der Waals surface area contributed by atoms with Gasteiger partial charge in [-0.3, -0.25) is 4.90 Å². The molecule has 3 heteroatoms. The van der Waals surface area contributed by atoms with Crippen molar-refractivity contribution in [2.75, 3.05) is 26.7 Å². The Morgan fingerprint density at radius 1 is 1.47 bits per heavy atom. The van der Waals surface area contributed by atoms with E-state index >= 15 is 0 Å². The van der Waals surface area contributed by atoms with Gasteiger partial charge in [0.25, 0.3) is 0 Å². The standard InChI is InChI=1S/C12H26N2O/c1-10(2)13-7-11(3)8-14(6)9-12(4,5)15/h10,13,15H,3,7-9H2,1-2,4-6H3. The molecule has 0 unspecified atom stereocenters. The molecule has 3 nitrogen and oxygen atoms in total. The highest BCUT2D eigenvalue weighted by atomic mass is 16.3. The quantitative estimate of drug-likeness (QED) is 0.626. The first-order valence-corrected chi connectivity index (χ1v) is 5.51. The zero-order chi connectivity index (χ0) is 12.1. The normalized spacial score (nSPS) is 12.5. The highest BCUT2D eigenvalue weighted by molar-refractivity contribution is 5.00. The van der Waals surface area contributed by atoms with E-state index in [9.17, 15) is 5.11 Å². The fourth-order valence-electron chi connectivity index (χ4n) is 1.50. The summed E-state index contributed by atoms with van der Waals surface area (Å²) in [5.41, 5.74) is 0.510. The van der Waals surface area contributed by atoms with E-state index in [1.54, 1.807) is 0 Å². The van der Waals surface area contributed by atoms with Crippen molar-refractivity contribution >= 4 is 0 Å². The van der Waals surface area contributed by atoms with Crippen LogP contribution in [0.1, 0.15) is 27.7 Å². The van der Waals surface area contributed by atoms with Crippen LogP contribution in [0, 0.1) is 0 Å². The minimum atomic E-state index is -0.638. The predicted molar refractivity (Wildman–Crippen MR) is 66.1 cm³/mol. The molecule has 0 rings (SSSR count). The predicted octanol–water partition coefficient (Wildman–Crippen LogP) is 1.24. The first-order chi connectivity index (χ1) is 6.70. The van der Waals surface area contributed by atoms with E-state index in [1.807, 2.05) is 20.9 Å². The Morgan fingerprint density at radius 2 is 2.00 bits per heavy atom. The van der Waals surface area contributed by atoms with Crippen molar-refractivity contribution in [2.24, 2.45) is 0 Å². The largest absolute Gasteiger partial charge is 0.389 e. The highest BCUT2D eigenvalue weighted by Gasteiger charge is 2.15. The fourth-order valence-corrected chi connectivity index (χ4v) is 1.50. The van der Waals surface area contributed by atoms with Crippen LogP contribution in [-0.2, 0) is 0 Å². The van der Waals surface area contributed by atoms with Gasteiger partial charge in [0.05, 0.1) is 5.60 Å². The summed E-state index contributed by atoms with van der Waals surface area (Å²) in [6, 6.07) is 0.487. The van der Waals surface area contributed by atoms with E-state index < -0.39 is 5.60 Å². The number of rotatable bonds is 7. The van der Waals surface area contributed by atoms with Crippen molar-refractivity contribution < 1.29 is 5.11 Å². The van der Waals surface area contributed by atoms with Crippen molar-refractivity contribution in [3.05, 3.63) is 12.2 Å². The highest BCUT2D eigenvalue weighted by Crippen LogP contribution is 2.04. The van der Waals surface area contributed by atoms with Crippen LogP contribution in [0.25, 0.3) is 0 Å². The van der Waals surface area contributed by atoms with Gasteiger partial charge in [-0.2, -0.15) is 0 Å². The van der Waals surface area contributed by atoms with Gasteiger partial charge in [0.2, 0.25) is 0 Å². The molecular formula is C12H26N2O. The molecule has 0 bridgehead atoms. The van der Waals surface area contributed by atoms with E-state index in [4.69, 9.17) is 0 Å². The molecule has 0 aromatic carbocycles. The van der Waals surface area contributed by atoms with Crippen LogP contribution in [0.15, 0.2) is 12.2 Å². The van der Waals surface area contributed by atoms with Gasteiger partial charge < -0.3 is 10.4 Å². The van der Waals surface area contributed by atoms with E-state index in [2.05, 4.69) is 30.6 Å². The summed E-state index contributed by atoms with van der Waals surface area (Å²) in [7, 11) is 2.00. The number of nitrogens with one attached hydrogen (secondary N) is 1. The topological polar surface area (TPSA) is 35.5 Å². The van der Waals surface area contributed by atoms with Crippen molar-refractivity contribution in [2.45, 2.75) is 39.3 Å². The summed E-state index contributed by atoms with van der Waals surface area (Å²) in [5, 5.41) is 13.0. The van der Waals surface area contributed by atoms with E-state index in [0.29, 0.717) is 12.6 Å². The third kappa shape index (κ3) is 9.91. The zero-order valence-electron chi connectivity index (χ0n) is 10.8. The molecule has 15 heavy (non-hydrogen) atoms. The smallest absolute Gasteiger partial charge is 0.0718 e. The third-order valence-corrected chi connectivity index (χ3v) is 1.91. The molecule has 0 fully saturated rings. The maximum Gasteiger partial charge on any atom is 0.0718 e. The Labute approximate surface area is 94.2 Å². The minimum absolute atomic E-state index is 0.487. The molecule has 0 aliphatic heterocycles. The summed E-state index contributed by atoms with van der Waals surface area (Å²) >= 11 is 0. The average molecular weight is 214 g/mol. The van der Waals surface area contributed by atoms with Gasteiger partial charge in [0.1, 0.15) is 0 Å². The maximum atomic E-state index is 9.63. The van der Waals surface area contributed by atoms with Gasteiger partial charge >= 0.3 is 0 Å². The van der Waals surface area contributed by atoms with Crippen molar-refractivity contribution in [1.82, 2.24) is 10.2 Å². The Bertz CT molecular complexity index is 194. The molecule has 0 saturated carbocycles. The lowest BCUT2D eigenvalue weighted by Gasteiger charge is -2.26. The Kier molecular flexibility index (Phi) is 6.10. The van der Waals surface area contributed by atoms with Crippen LogP contribution in [-0.4, -0.2) is 48.3 Å². The second-order valence-corrected chi connectivity index (χ2v) is 5.27. The van der Waals surface area contributed by atoms with Gasteiger partial charge in [-0.15, -0.1) is 0 Å². The van der Waals surface area contributed by atoms with Gasteiger partial charge in [-0.05, 0) is 26.5 Å². The minimum Gasteiger partial charge on any atom is -0.389 e. The van der Waals surface area contributed by atoms with Gasteiger partial charge in [0.15, 0.2) is 0 Å². The van der Waals surface area contributed by atoms with Crippen molar-refractivity contribution in [3.8, 4) is 0 Å². The molecule has 0 aromatic rings. The van der Waals surface area contributed by atoms with Gasteiger partial charge in [-0.1, -0.05) is 20.4 Å². The van der Waals surface area contributed by atoms with Crippen molar-refractivity contribution in [1.29, 1.82) is 0 Å². The lowest BCUT2D eigenvalue weighted by molar-refractivity contribution is 0.0471. The number of aliphatic hydroxyl groups is 1. The van der Waals surface area contributed by atoms with E-state index in [-0.39, 0.29) is 0 Å². The molecule has 0 atom stereocenters. The first kappa shape index (κ1) is 14.6. The molecule has 0 aliphatic rings. The molecule has 0 heterocycles. The number of likely N-dealkylation sites (N-methyl/N-ethyl adjacent to an activating group) is 1. The Hall–Kier alpha value is -0.380. The van der Waals surface area contributed by atoms with Crippen LogP contribution in [0.2, 0.25) is 0 Å². The third-order valence-electron chi connectivity index (χ3n) is 1.91. The molecule has 90 valence electrons. The van der Waals surface area contributed by atoms with E-state index in [1.165, 1.54) is 0 Å². The lowest BCUT2D eigenvalue weighted by Crippen LogP contribution is -2.38. The molecule has 0 amide bonds. The van der Waals surface area contributed by atoms with Gasteiger partial charge in [-0.25, -0.2) is 0 Å². The second kappa shape index (κ2) is 6.26. The number of nitrogens with zero attached hydrogens (tertiary/aromatic N) is 1. The van der Waals surface area contributed by atoms with E-state index in [0.717, 1.165) is 18.7 Å². The summed E-state index contributed by atoms with van der Waals surface area (Å²) in [6.07, 6.45) is 0. The molecule has 2 N–H and O–H groups in total.